The third-order valence-corrected chi connectivity index (χ3v) is 4.08. The van der Waals surface area contributed by atoms with Crippen LogP contribution in [0.15, 0.2) is 36.5 Å². The first-order valence-electron chi connectivity index (χ1n) is 7.48. The number of halogens is 4. The summed E-state index contributed by atoms with van der Waals surface area (Å²) in [7, 11) is 0. The molecule has 0 atom stereocenters. The number of anilines is 1. The second kappa shape index (κ2) is 6.58. The van der Waals surface area contributed by atoms with Crippen LogP contribution in [0.4, 0.5) is 18.9 Å². The van der Waals surface area contributed by atoms with Gasteiger partial charge in [-0.2, -0.15) is 13.2 Å². The highest BCUT2D eigenvalue weighted by molar-refractivity contribution is 6.33. The van der Waals surface area contributed by atoms with Crippen molar-refractivity contribution in [3.05, 3.63) is 64.1 Å². The normalized spacial score (nSPS) is 11.6. The van der Waals surface area contributed by atoms with Crippen LogP contribution < -0.4 is 5.32 Å². The third-order valence-electron chi connectivity index (χ3n) is 3.80. The molecule has 6 nitrogen and oxygen atoms in total. The first-order valence-corrected chi connectivity index (χ1v) is 7.86. The maximum Gasteiger partial charge on any atom is 0.417 e. The number of nitrogens with zero attached hydrogens (tertiary/aromatic N) is 2. The molecular formula is C17H11ClF3N3O3. The number of imidazole rings is 1. The number of para-hydroxylation sites is 1. The second-order valence-electron chi connectivity index (χ2n) is 5.62. The number of carboxylic acids is 1. The fourth-order valence-electron chi connectivity index (χ4n) is 2.61. The maximum atomic E-state index is 13.1. The third kappa shape index (κ3) is 3.45. The Hall–Kier alpha value is -3.07. The molecule has 2 aromatic heterocycles. The van der Waals surface area contributed by atoms with Crippen LogP contribution in [-0.2, 0) is 6.18 Å². The van der Waals surface area contributed by atoms with Gasteiger partial charge in [-0.1, -0.05) is 23.7 Å². The van der Waals surface area contributed by atoms with Crippen molar-refractivity contribution in [2.24, 2.45) is 0 Å². The van der Waals surface area contributed by atoms with Crippen LogP contribution in [0.3, 0.4) is 0 Å². The van der Waals surface area contributed by atoms with E-state index in [2.05, 4.69) is 10.3 Å². The van der Waals surface area contributed by atoms with Crippen molar-refractivity contribution in [3.63, 3.8) is 0 Å². The van der Waals surface area contributed by atoms with Gasteiger partial charge in [-0.3, -0.25) is 9.20 Å². The predicted octanol–water partition coefficient (Wildman–Crippen LogP) is 4.27. The number of carbonyl (C=O) groups excluding carboxylic acids is 1. The summed E-state index contributed by atoms with van der Waals surface area (Å²) < 4.78 is 40.1. The predicted molar refractivity (Wildman–Crippen MR) is 91.3 cm³/mol. The van der Waals surface area contributed by atoms with Crippen LogP contribution in [0.2, 0.25) is 5.02 Å². The zero-order valence-electron chi connectivity index (χ0n) is 13.6. The number of carbonyl (C=O) groups is 2. The molecule has 2 heterocycles. The van der Waals surface area contributed by atoms with Gasteiger partial charge < -0.3 is 10.4 Å². The lowest BCUT2D eigenvalue weighted by Crippen LogP contribution is -2.18. The van der Waals surface area contributed by atoms with E-state index in [1.165, 1.54) is 31.2 Å². The van der Waals surface area contributed by atoms with Crippen LogP contribution in [0.1, 0.15) is 32.1 Å². The van der Waals surface area contributed by atoms with E-state index in [0.29, 0.717) is 0 Å². The van der Waals surface area contributed by atoms with Crippen LogP contribution in [0.5, 0.6) is 0 Å². The molecular weight excluding hydrogens is 387 g/mol. The first kappa shape index (κ1) is 18.7. The Kier molecular flexibility index (Phi) is 4.56. The van der Waals surface area contributed by atoms with Crippen LogP contribution >= 0.6 is 11.6 Å². The van der Waals surface area contributed by atoms with Gasteiger partial charge in [-0.25, -0.2) is 9.78 Å². The quantitative estimate of drug-likeness (QED) is 0.691. The van der Waals surface area contributed by atoms with Crippen molar-refractivity contribution in [3.8, 4) is 0 Å². The number of aromatic carboxylic acids is 1. The van der Waals surface area contributed by atoms with E-state index in [1.807, 2.05) is 0 Å². The minimum Gasteiger partial charge on any atom is -0.478 e. The van der Waals surface area contributed by atoms with Crippen molar-refractivity contribution >= 4 is 34.8 Å². The zero-order valence-corrected chi connectivity index (χ0v) is 14.4. The van der Waals surface area contributed by atoms with Crippen LogP contribution in [-0.4, -0.2) is 26.4 Å². The van der Waals surface area contributed by atoms with E-state index in [4.69, 9.17) is 11.6 Å². The first-order chi connectivity index (χ1) is 12.6. The van der Waals surface area contributed by atoms with E-state index in [-0.39, 0.29) is 33.3 Å². The lowest BCUT2D eigenvalue weighted by atomic mass is 10.1. The molecule has 0 unspecified atom stereocenters. The summed E-state index contributed by atoms with van der Waals surface area (Å²) in [5.41, 5.74) is -1.26. The van der Waals surface area contributed by atoms with Gasteiger partial charge in [0.05, 0.1) is 27.5 Å². The highest BCUT2D eigenvalue weighted by Crippen LogP contribution is 2.33. The number of fused-ring (bicyclic) bond motifs is 1. The van der Waals surface area contributed by atoms with Crippen molar-refractivity contribution < 1.29 is 27.9 Å². The van der Waals surface area contributed by atoms with Crippen molar-refractivity contribution in [1.29, 1.82) is 0 Å². The van der Waals surface area contributed by atoms with Gasteiger partial charge in [0.25, 0.3) is 5.91 Å². The minimum absolute atomic E-state index is 0.00224. The molecule has 1 amide bonds. The molecule has 3 aromatic rings. The molecule has 0 aliphatic rings. The molecule has 0 spiro atoms. The number of nitrogens with one attached hydrogen (secondary N) is 1. The summed E-state index contributed by atoms with van der Waals surface area (Å²) in [5.74, 6) is -2.08. The zero-order chi connectivity index (χ0) is 19.9. The topological polar surface area (TPSA) is 83.7 Å². The van der Waals surface area contributed by atoms with Crippen molar-refractivity contribution in [2.75, 3.05) is 5.32 Å². The summed E-state index contributed by atoms with van der Waals surface area (Å²) in [5, 5.41) is 11.3. The highest BCUT2D eigenvalue weighted by Gasteiger charge is 2.33. The Labute approximate surface area is 155 Å². The monoisotopic (exact) mass is 397 g/mol. The van der Waals surface area contributed by atoms with Gasteiger partial charge in [-0.05, 0) is 25.1 Å². The highest BCUT2D eigenvalue weighted by atomic mass is 35.5. The molecule has 0 fully saturated rings. The Morgan fingerprint density at radius 1 is 1.26 bits per heavy atom. The van der Waals surface area contributed by atoms with Crippen molar-refractivity contribution in [1.82, 2.24) is 9.38 Å². The number of hydrogen-bond donors (Lipinski definition) is 2. The van der Waals surface area contributed by atoms with Crippen LogP contribution in [0.25, 0.3) is 5.65 Å². The Morgan fingerprint density at radius 3 is 2.56 bits per heavy atom. The lowest BCUT2D eigenvalue weighted by molar-refractivity contribution is -0.137. The summed E-state index contributed by atoms with van der Waals surface area (Å²) in [6.45, 7) is 1.44. The molecule has 0 bridgehead atoms. The summed E-state index contributed by atoms with van der Waals surface area (Å²) in [6, 6.07) is 6.38. The molecule has 10 heteroatoms. The SMILES string of the molecule is Cc1nc2c(Cl)cc(C(F)(F)F)cn2c1C(=O)Nc1ccccc1C(=O)O. The fourth-order valence-corrected chi connectivity index (χ4v) is 2.86. The number of amides is 1. The molecule has 1 aromatic carbocycles. The van der Waals surface area contributed by atoms with Crippen LogP contribution in [0, 0.1) is 6.92 Å². The van der Waals surface area contributed by atoms with Gasteiger partial charge in [0, 0.05) is 6.20 Å². The molecule has 0 aliphatic heterocycles. The minimum atomic E-state index is -4.67. The number of rotatable bonds is 3. The number of aryl methyl sites for hydroxylation is 1. The number of benzene rings is 1. The van der Waals surface area contributed by atoms with E-state index in [9.17, 15) is 27.9 Å². The van der Waals surface area contributed by atoms with Crippen molar-refractivity contribution in [2.45, 2.75) is 13.1 Å². The molecule has 2 N–H and O–H groups in total. The maximum absolute atomic E-state index is 13.1. The smallest absolute Gasteiger partial charge is 0.417 e. The summed E-state index contributed by atoms with van der Waals surface area (Å²) in [6.07, 6.45) is -3.95. The average Bonchev–Trinajstić information content (AvgIpc) is 2.91. The second-order valence-corrected chi connectivity index (χ2v) is 6.03. The van der Waals surface area contributed by atoms with Gasteiger partial charge >= 0.3 is 12.1 Å². The molecule has 3 rings (SSSR count). The molecule has 0 saturated carbocycles. The molecule has 140 valence electrons. The van der Waals surface area contributed by atoms with E-state index in [0.717, 1.165) is 16.7 Å². The Balaban J connectivity index is 2.11. The van der Waals surface area contributed by atoms with Gasteiger partial charge in [-0.15, -0.1) is 0 Å². The Bertz CT molecular complexity index is 1080. The van der Waals surface area contributed by atoms with E-state index in [1.54, 1.807) is 0 Å². The molecule has 27 heavy (non-hydrogen) atoms. The number of carboxylic acid groups (broad SMARTS) is 1. The number of aromatic nitrogens is 2. The average molecular weight is 398 g/mol. The van der Waals surface area contributed by atoms with E-state index < -0.39 is 23.6 Å². The number of pyridine rings is 1. The van der Waals surface area contributed by atoms with Gasteiger partial charge in [0.15, 0.2) is 5.65 Å². The fraction of sp³-hybridized carbons (Fsp3) is 0.118. The molecule has 0 aliphatic carbocycles. The molecule has 0 saturated heterocycles. The standard InChI is InChI=1S/C17H11ClF3N3O3/c1-8-13(15(25)23-12-5-3-2-4-10(12)16(26)27)24-7-9(17(19,20)21)6-11(18)14(24)22-8/h2-7H,1H3,(H,23,25)(H,26,27). The number of alkyl halides is 3. The van der Waals surface area contributed by atoms with E-state index >= 15 is 0 Å². The summed E-state index contributed by atoms with van der Waals surface area (Å²) in [4.78, 5) is 28.0. The summed E-state index contributed by atoms with van der Waals surface area (Å²) >= 11 is 5.89. The Morgan fingerprint density at radius 2 is 1.93 bits per heavy atom. The molecule has 0 radical (unpaired) electrons. The van der Waals surface area contributed by atoms with Gasteiger partial charge in [0.1, 0.15) is 5.69 Å². The largest absolute Gasteiger partial charge is 0.478 e. The number of hydrogen-bond acceptors (Lipinski definition) is 3. The van der Waals surface area contributed by atoms with Gasteiger partial charge in [0.2, 0.25) is 0 Å². The lowest BCUT2D eigenvalue weighted by Gasteiger charge is -2.11.